The first-order chi connectivity index (χ1) is 18.9. The number of halogens is 2. The monoisotopic (exact) mass is 537 g/mol. The molecule has 0 amide bonds. The van der Waals surface area contributed by atoms with Crippen molar-refractivity contribution >= 4 is 16.9 Å². The molecular weight excluding hydrogens is 496 g/mol. The number of pyridine rings is 1. The molecule has 8 heteroatoms. The van der Waals surface area contributed by atoms with E-state index in [0.717, 1.165) is 55.4 Å². The second kappa shape index (κ2) is 12.1. The van der Waals surface area contributed by atoms with E-state index < -0.39 is 11.8 Å². The third-order valence-electron chi connectivity index (χ3n) is 8.68. The Morgan fingerprint density at radius 3 is 2.51 bits per heavy atom. The van der Waals surface area contributed by atoms with Crippen LogP contribution in [0.2, 0.25) is 0 Å². The molecule has 2 aromatic heterocycles. The van der Waals surface area contributed by atoms with Gasteiger partial charge in [0.15, 0.2) is 5.65 Å². The molecule has 3 aromatic rings. The predicted octanol–water partition coefficient (Wildman–Crippen LogP) is 7.47. The summed E-state index contributed by atoms with van der Waals surface area (Å²) in [7, 11) is 1.65. The molecule has 3 aliphatic heterocycles. The first-order valence-corrected chi connectivity index (χ1v) is 14.5. The van der Waals surface area contributed by atoms with Crippen LogP contribution >= 0.6 is 0 Å². The molecule has 3 aliphatic rings. The normalized spacial score (nSPS) is 26.4. The molecule has 1 N–H and O–H groups in total. The fourth-order valence-electron chi connectivity index (χ4n) is 6.15. The SMILES string of the molecule is COc1nc2ncnc3c2cc1C(C)CCCCCCCN1CCC(CC1)C(F)(F)c1cccc(c1)[C@@H](C)N3. The highest BCUT2D eigenvalue weighted by molar-refractivity contribution is 5.87. The molecule has 0 aliphatic carbocycles. The number of anilines is 1. The Balaban J connectivity index is 1.48. The van der Waals surface area contributed by atoms with E-state index >= 15 is 8.78 Å². The molecule has 210 valence electrons. The quantitative estimate of drug-likeness (QED) is 0.347. The molecule has 6 rings (SSSR count). The van der Waals surface area contributed by atoms with Gasteiger partial charge in [-0.05, 0) is 75.9 Å². The van der Waals surface area contributed by atoms with Crippen molar-refractivity contribution in [2.75, 3.05) is 32.1 Å². The Bertz CT molecular complexity index is 1260. The maximum Gasteiger partial charge on any atom is 0.276 e. The highest BCUT2D eigenvalue weighted by atomic mass is 19.3. The van der Waals surface area contributed by atoms with Crippen molar-refractivity contribution in [3.63, 3.8) is 0 Å². The summed E-state index contributed by atoms with van der Waals surface area (Å²) < 4.78 is 37.1. The Morgan fingerprint density at radius 2 is 1.72 bits per heavy atom. The third-order valence-corrected chi connectivity index (χ3v) is 8.68. The maximum absolute atomic E-state index is 15.7. The van der Waals surface area contributed by atoms with E-state index in [-0.39, 0.29) is 17.5 Å². The summed E-state index contributed by atoms with van der Waals surface area (Å²) >= 11 is 0. The van der Waals surface area contributed by atoms with Gasteiger partial charge in [0.1, 0.15) is 12.1 Å². The highest BCUT2D eigenvalue weighted by Crippen LogP contribution is 2.42. The number of nitrogens with zero attached hydrogens (tertiary/aromatic N) is 4. The van der Waals surface area contributed by atoms with Crippen LogP contribution in [-0.2, 0) is 5.92 Å². The van der Waals surface area contributed by atoms with Gasteiger partial charge in [-0.15, -0.1) is 0 Å². The third kappa shape index (κ3) is 6.16. The van der Waals surface area contributed by atoms with Crippen LogP contribution in [-0.4, -0.2) is 46.6 Å². The lowest BCUT2D eigenvalue weighted by Gasteiger charge is -2.36. The van der Waals surface area contributed by atoms with E-state index in [2.05, 4.69) is 33.2 Å². The minimum Gasteiger partial charge on any atom is -0.481 e. The fourth-order valence-corrected chi connectivity index (χ4v) is 6.15. The van der Waals surface area contributed by atoms with Gasteiger partial charge >= 0.3 is 0 Å². The molecule has 5 heterocycles. The molecule has 1 saturated heterocycles. The molecule has 2 atom stereocenters. The van der Waals surface area contributed by atoms with Crippen LogP contribution in [0, 0.1) is 5.92 Å². The summed E-state index contributed by atoms with van der Waals surface area (Å²) in [6.07, 6.45) is 9.46. The molecule has 0 radical (unpaired) electrons. The maximum atomic E-state index is 15.7. The van der Waals surface area contributed by atoms with Crippen molar-refractivity contribution in [1.82, 2.24) is 19.9 Å². The topological polar surface area (TPSA) is 63.2 Å². The summed E-state index contributed by atoms with van der Waals surface area (Å²) in [6.45, 7) is 6.72. The number of aromatic nitrogens is 3. The van der Waals surface area contributed by atoms with E-state index in [4.69, 9.17) is 9.72 Å². The fraction of sp³-hybridized carbons (Fsp3) is 0.581. The van der Waals surface area contributed by atoms with Crippen molar-refractivity contribution in [1.29, 1.82) is 0 Å². The number of hydrogen-bond acceptors (Lipinski definition) is 6. The highest BCUT2D eigenvalue weighted by Gasteiger charge is 2.42. The van der Waals surface area contributed by atoms with Crippen molar-refractivity contribution in [3.05, 3.63) is 53.3 Å². The smallest absolute Gasteiger partial charge is 0.276 e. The molecule has 1 aromatic carbocycles. The number of rotatable bonds is 1. The summed E-state index contributed by atoms with van der Waals surface area (Å²) in [5.41, 5.74) is 2.49. The largest absolute Gasteiger partial charge is 0.481 e. The summed E-state index contributed by atoms with van der Waals surface area (Å²) in [4.78, 5) is 16.0. The van der Waals surface area contributed by atoms with Crippen molar-refractivity contribution < 1.29 is 13.5 Å². The molecule has 1 fully saturated rings. The van der Waals surface area contributed by atoms with E-state index in [1.807, 2.05) is 13.0 Å². The van der Waals surface area contributed by atoms with Crippen LogP contribution in [0.3, 0.4) is 0 Å². The molecule has 1 unspecified atom stereocenters. The minimum absolute atomic E-state index is 0.101. The molecule has 0 spiro atoms. The molecule has 6 nitrogen and oxygen atoms in total. The van der Waals surface area contributed by atoms with E-state index in [1.54, 1.807) is 25.3 Å². The standard InChI is InChI=1S/C31H41F2N5O/c1-21-10-7-5-4-6-8-15-38-16-13-24(14-17-38)31(32,33)25-12-9-11-23(18-25)22(2)36-28-27-19-26(21)30(39-3)37-29(27)35-20-34-28/h9,11-12,18-22,24H,4-8,10,13-17H2,1-3H3,(H,34,35,36,37)/t21?,22-/m1/s1. The van der Waals surface area contributed by atoms with Gasteiger partial charge < -0.3 is 15.0 Å². The van der Waals surface area contributed by atoms with Gasteiger partial charge in [0, 0.05) is 23.1 Å². The van der Waals surface area contributed by atoms with Crippen LogP contribution in [0.15, 0.2) is 36.7 Å². The summed E-state index contributed by atoms with van der Waals surface area (Å²) in [5, 5.41) is 4.26. The number of benzene rings is 1. The molecule has 6 bridgehead atoms. The number of piperidine rings is 1. The first kappa shape index (κ1) is 27.7. The van der Waals surface area contributed by atoms with Crippen molar-refractivity contribution in [3.8, 4) is 5.88 Å². The van der Waals surface area contributed by atoms with E-state index in [0.29, 0.717) is 30.2 Å². The van der Waals surface area contributed by atoms with E-state index in [1.165, 1.54) is 25.6 Å². The average molecular weight is 538 g/mol. The number of hydrogen-bond donors (Lipinski definition) is 1. The van der Waals surface area contributed by atoms with Crippen LogP contribution in [0.25, 0.3) is 11.0 Å². The Kier molecular flexibility index (Phi) is 8.60. The molecule has 39 heavy (non-hydrogen) atoms. The molecule has 0 saturated carbocycles. The van der Waals surface area contributed by atoms with E-state index in [9.17, 15) is 0 Å². The average Bonchev–Trinajstić information content (AvgIpc) is 2.96. The van der Waals surface area contributed by atoms with Gasteiger partial charge in [-0.3, -0.25) is 0 Å². The summed E-state index contributed by atoms with van der Waals surface area (Å²) in [5.74, 6) is -1.96. The van der Waals surface area contributed by atoms with Crippen LogP contribution < -0.4 is 10.1 Å². The molecular formula is C31H41F2N5O. The predicted molar refractivity (Wildman–Crippen MR) is 152 cm³/mol. The van der Waals surface area contributed by atoms with Crippen LogP contribution in [0.4, 0.5) is 14.6 Å². The van der Waals surface area contributed by atoms with Crippen molar-refractivity contribution in [2.45, 2.75) is 83.1 Å². The number of alkyl halides is 2. The van der Waals surface area contributed by atoms with Crippen LogP contribution in [0.5, 0.6) is 5.88 Å². The lowest BCUT2D eigenvalue weighted by Crippen LogP contribution is -2.40. The number of nitrogens with one attached hydrogen (secondary N) is 1. The van der Waals surface area contributed by atoms with Gasteiger partial charge in [-0.25, -0.2) is 18.7 Å². The van der Waals surface area contributed by atoms with Gasteiger partial charge in [0.25, 0.3) is 5.92 Å². The van der Waals surface area contributed by atoms with Gasteiger partial charge in [0.05, 0.1) is 12.5 Å². The second-order valence-electron chi connectivity index (χ2n) is 11.4. The number of methoxy groups -OCH3 is 1. The minimum atomic E-state index is -2.86. The second-order valence-corrected chi connectivity index (χ2v) is 11.4. The van der Waals surface area contributed by atoms with Crippen molar-refractivity contribution in [2.24, 2.45) is 5.92 Å². The lowest BCUT2D eigenvalue weighted by molar-refractivity contribution is -0.0855. The Hall–Kier alpha value is -2.87. The first-order valence-electron chi connectivity index (χ1n) is 14.5. The zero-order chi connectivity index (χ0) is 27.4. The Morgan fingerprint density at radius 1 is 0.949 bits per heavy atom. The van der Waals surface area contributed by atoms with Gasteiger partial charge in [0.2, 0.25) is 5.88 Å². The number of fused-ring (bicyclic) bond motifs is 10. The summed E-state index contributed by atoms with van der Waals surface area (Å²) in [6, 6.07) is 8.73. The zero-order valence-electron chi connectivity index (χ0n) is 23.4. The lowest BCUT2D eigenvalue weighted by atomic mass is 9.85. The Labute approximate surface area is 230 Å². The van der Waals surface area contributed by atoms with Gasteiger partial charge in [-0.1, -0.05) is 50.8 Å². The van der Waals surface area contributed by atoms with Gasteiger partial charge in [-0.2, -0.15) is 4.98 Å². The number of ether oxygens (including phenoxy) is 1. The van der Waals surface area contributed by atoms with Crippen LogP contribution in [0.1, 0.15) is 93.9 Å². The zero-order valence-corrected chi connectivity index (χ0v) is 23.4.